The van der Waals surface area contributed by atoms with Gasteiger partial charge in [0.15, 0.2) is 11.5 Å². The Morgan fingerprint density at radius 1 is 1.13 bits per heavy atom. The molecule has 0 bridgehead atoms. The first-order chi connectivity index (χ1) is 14.2. The summed E-state index contributed by atoms with van der Waals surface area (Å²) < 4.78 is 58.9. The zero-order chi connectivity index (χ0) is 21.6. The third-order valence-corrected chi connectivity index (χ3v) is 6.12. The van der Waals surface area contributed by atoms with Crippen molar-refractivity contribution in [3.63, 3.8) is 0 Å². The fourth-order valence-electron chi connectivity index (χ4n) is 4.75. The van der Waals surface area contributed by atoms with Crippen LogP contribution in [-0.4, -0.2) is 36.1 Å². The van der Waals surface area contributed by atoms with Crippen LogP contribution in [0.1, 0.15) is 46.1 Å². The second kappa shape index (κ2) is 7.52. The predicted octanol–water partition coefficient (Wildman–Crippen LogP) is 4.36. The molecule has 30 heavy (non-hydrogen) atoms. The Bertz CT molecular complexity index is 965. The molecule has 0 radical (unpaired) electrons. The molecular formula is C21H21F4N3O2. The lowest BCUT2D eigenvalue weighted by molar-refractivity contribution is -0.138. The van der Waals surface area contributed by atoms with Crippen molar-refractivity contribution in [1.29, 1.82) is 0 Å². The summed E-state index contributed by atoms with van der Waals surface area (Å²) >= 11 is 0. The molecule has 1 saturated heterocycles. The van der Waals surface area contributed by atoms with Crippen LogP contribution in [0.4, 0.5) is 23.5 Å². The topological polar surface area (TPSA) is 55.3 Å². The normalized spacial score (nSPS) is 23.5. The van der Waals surface area contributed by atoms with Crippen molar-refractivity contribution < 1.29 is 27.1 Å². The van der Waals surface area contributed by atoms with Gasteiger partial charge < -0.3 is 9.64 Å². The summed E-state index contributed by atoms with van der Waals surface area (Å²) in [6, 6.07) is 5.77. The summed E-state index contributed by atoms with van der Waals surface area (Å²) in [4.78, 5) is 21.9. The molecule has 9 heteroatoms. The van der Waals surface area contributed by atoms with E-state index in [1.165, 1.54) is 13.0 Å². The molecule has 1 aliphatic heterocycles. The monoisotopic (exact) mass is 423 g/mol. The van der Waals surface area contributed by atoms with Crippen molar-refractivity contribution in [3.05, 3.63) is 52.6 Å². The molecule has 3 atom stereocenters. The number of ether oxygens (including phenoxy) is 1. The van der Waals surface area contributed by atoms with E-state index < -0.39 is 29.2 Å². The number of hydrogen-bond donors (Lipinski definition) is 0. The molecule has 0 N–H and O–H groups in total. The number of aryl methyl sites for hydroxylation is 1. The Hall–Kier alpha value is -2.71. The number of fused-ring (bicyclic) bond motifs is 1. The summed E-state index contributed by atoms with van der Waals surface area (Å²) in [6.45, 7) is 2.57. The minimum absolute atomic E-state index is 0.0504. The average molecular weight is 423 g/mol. The van der Waals surface area contributed by atoms with E-state index in [0.29, 0.717) is 31.5 Å². The number of methoxy groups -OCH3 is 1. The highest BCUT2D eigenvalue weighted by molar-refractivity contribution is 5.87. The highest BCUT2D eigenvalue weighted by atomic mass is 19.4. The molecule has 1 saturated carbocycles. The number of carbonyl (C=O) groups excluding carboxylic acids is 1. The lowest BCUT2D eigenvalue weighted by Gasteiger charge is -2.22. The van der Waals surface area contributed by atoms with Gasteiger partial charge in [-0.25, -0.2) is 19.2 Å². The second-order valence-electron chi connectivity index (χ2n) is 7.94. The van der Waals surface area contributed by atoms with Crippen LogP contribution >= 0.6 is 0 Å². The van der Waals surface area contributed by atoms with Gasteiger partial charge in [-0.15, -0.1) is 0 Å². The van der Waals surface area contributed by atoms with Crippen molar-refractivity contribution in [2.24, 2.45) is 11.8 Å². The molecule has 5 nitrogen and oxygen atoms in total. The first-order valence-corrected chi connectivity index (χ1v) is 9.72. The minimum Gasteiger partial charge on any atom is -0.464 e. The smallest absolute Gasteiger partial charge is 0.416 e. The zero-order valence-electron chi connectivity index (χ0n) is 16.5. The number of halogens is 4. The second-order valence-corrected chi connectivity index (χ2v) is 7.94. The van der Waals surface area contributed by atoms with Crippen molar-refractivity contribution in [1.82, 2.24) is 9.97 Å². The van der Waals surface area contributed by atoms with Gasteiger partial charge in [-0.2, -0.15) is 13.2 Å². The average Bonchev–Trinajstić information content (AvgIpc) is 3.28. The molecule has 160 valence electrons. The van der Waals surface area contributed by atoms with Crippen LogP contribution in [0, 0.1) is 24.6 Å². The SMILES string of the molecule is COC(=O)c1nc(N2C[C@H]3C[C@@H](c4ccccc4C(F)(F)F)C[C@H]3C2)nc(C)c1F. The van der Waals surface area contributed by atoms with Crippen LogP contribution in [-0.2, 0) is 10.9 Å². The molecule has 2 aromatic rings. The summed E-state index contributed by atoms with van der Waals surface area (Å²) in [6.07, 6.45) is -3.10. The Morgan fingerprint density at radius 3 is 2.37 bits per heavy atom. The van der Waals surface area contributed by atoms with Crippen molar-refractivity contribution >= 4 is 11.9 Å². The van der Waals surface area contributed by atoms with Gasteiger partial charge >= 0.3 is 12.1 Å². The van der Waals surface area contributed by atoms with Gasteiger partial charge in [-0.05, 0) is 49.1 Å². The van der Waals surface area contributed by atoms with Crippen molar-refractivity contribution in [2.45, 2.75) is 31.9 Å². The van der Waals surface area contributed by atoms with E-state index in [-0.39, 0.29) is 29.4 Å². The number of esters is 1. The van der Waals surface area contributed by atoms with Crippen LogP contribution in [0.15, 0.2) is 24.3 Å². The third-order valence-electron chi connectivity index (χ3n) is 6.12. The fraction of sp³-hybridized carbons (Fsp3) is 0.476. The van der Waals surface area contributed by atoms with E-state index in [2.05, 4.69) is 14.7 Å². The molecule has 0 amide bonds. The van der Waals surface area contributed by atoms with Gasteiger partial charge in [0.05, 0.1) is 18.4 Å². The summed E-state index contributed by atoms with van der Waals surface area (Å²) in [7, 11) is 1.15. The number of anilines is 1. The summed E-state index contributed by atoms with van der Waals surface area (Å²) in [5.41, 5.74) is -0.566. The van der Waals surface area contributed by atoms with E-state index in [9.17, 15) is 22.4 Å². The van der Waals surface area contributed by atoms with E-state index in [1.807, 2.05) is 4.90 Å². The zero-order valence-corrected chi connectivity index (χ0v) is 16.5. The van der Waals surface area contributed by atoms with Crippen molar-refractivity contribution in [2.75, 3.05) is 25.1 Å². The highest BCUT2D eigenvalue weighted by Crippen LogP contribution is 2.49. The van der Waals surface area contributed by atoms with Crippen LogP contribution in [0.25, 0.3) is 0 Å². The molecule has 0 unspecified atom stereocenters. The Morgan fingerprint density at radius 2 is 1.77 bits per heavy atom. The lowest BCUT2D eigenvalue weighted by atomic mass is 9.91. The lowest BCUT2D eigenvalue weighted by Crippen LogP contribution is -2.26. The molecule has 2 heterocycles. The predicted molar refractivity (Wildman–Crippen MR) is 101 cm³/mol. The molecule has 4 rings (SSSR count). The number of carbonyl (C=O) groups is 1. The third kappa shape index (κ3) is 3.61. The van der Waals surface area contributed by atoms with E-state index in [4.69, 9.17) is 0 Å². The van der Waals surface area contributed by atoms with Crippen LogP contribution in [0.3, 0.4) is 0 Å². The van der Waals surface area contributed by atoms with Gasteiger partial charge in [-0.1, -0.05) is 18.2 Å². The van der Waals surface area contributed by atoms with E-state index >= 15 is 0 Å². The fourth-order valence-corrected chi connectivity index (χ4v) is 4.75. The van der Waals surface area contributed by atoms with E-state index in [1.54, 1.807) is 12.1 Å². The largest absolute Gasteiger partial charge is 0.464 e. The molecule has 1 aliphatic carbocycles. The van der Waals surface area contributed by atoms with Gasteiger partial charge in [0, 0.05) is 13.1 Å². The minimum atomic E-state index is -4.37. The van der Waals surface area contributed by atoms with Crippen molar-refractivity contribution in [3.8, 4) is 0 Å². The number of alkyl halides is 3. The summed E-state index contributed by atoms with van der Waals surface area (Å²) in [5.74, 6) is -1.22. The number of aromatic nitrogens is 2. The van der Waals surface area contributed by atoms with Crippen LogP contribution in [0.2, 0.25) is 0 Å². The highest BCUT2D eigenvalue weighted by Gasteiger charge is 2.44. The van der Waals surface area contributed by atoms with Gasteiger partial charge in [-0.3, -0.25) is 0 Å². The van der Waals surface area contributed by atoms with Crippen LogP contribution in [0.5, 0.6) is 0 Å². The van der Waals surface area contributed by atoms with Gasteiger partial charge in [0.25, 0.3) is 0 Å². The Balaban J connectivity index is 1.53. The number of hydrogen-bond acceptors (Lipinski definition) is 5. The molecule has 1 aromatic heterocycles. The van der Waals surface area contributed by atoms with Gasteiger partial charge in [0.2, 0.25) is 5.95 Å². The first kappa shape index (κ1) is 20.6. The Labute approximate surface area is 171 Å². The standard InChI is InChI=1S/C21H21F4N3O2/c1-11-17(22)18(19(29)30-2)27-20(26-11)28-9-13-7-12(8-14(13)10-28)15-5-3-4-6-16(15)21(23,24)25/h3-6,12-14H,7-10H2,1-2H3/t12-,13-,14+. The quantitative estimate of drug-likeness (QED) is 0.543. The van der Waals surface area contributed by atoms with E-state index in [0.717, 1.165) is 13.2 Å². The molecule has 2 aliphatic rings. The maximum atomic E-state index is 14.2. The maximum absolute atomic E-state index is 14.2. The molecule has 1 aromatic carbocycles. The molecule has 0 spiro atoms. The molecule has 2 fully saturated rings. The summed E-state index contributed by atoms with van der Waals surface area (Å²) in [5, 5.41) is 0. The van der Waals surface area contributed by atoms with Crippen LogP contribution < -0.4 is 4.90 Å². The first-order valence-electron chi connectivity index (χ1n) is 9.72. The Kier molecular flexibility index (Phi) is 5.15. The maximum Gasteiger partial charge on any atom is 0.416 e. The number of nitrogens with zero attached hydrogens (tertiary/aromatic N) is 3. The molecular weight excluding hydrogens is 402 g/mol. The number of rotatable bonds is 3. The number of benzene rings is 1. The van der Waals surface area contributed by atoms with Gasteiger partial charge in [0.1, 0.15) is 0 Å².